The fourth-order valence-corrected chi connectivity index (χ4v) is 11.8. The van der Waals surface area contributed by atoms with E-state index in [1.807, 2.05) is 30.3 Å². The molecule has 7 N–H and O–H groups in total. The summed E-state index contributed by atoms with van der Waals surface area (Å²) in [5, 5.41) is 9.07. The lowest BCUT2D eigenvalue weighted by Crippen LogP contribution is -2.65. The molecular weight excluding hydrogens is 620 g/mol. The summed E-state index contributed by atoms with van der Waals surface area (Å²) >= 11 is 0. The number of nitrogens with two attached hydrogens (primary N) is 2. The highest BCUT2D eigenvalue weighted by atomic mass is 16.6. The molecule has 8 aliphatic carbocycles. The average molecular weight is 675 g/mol. The Morgan fingerprint density at radius 3 is 1.88 bits per heavy atom. The first-order valence-corrected chi connectivity index (χ1v) is 18.7. The third-order valence-corrected chi connectivity index (χ3v) is 12.9. The van der Waals surface area contributed by atoms with Gasteiger partial charge in [0.25, 0.3) is 0 Å². The maximum Gasteiger partial charge on any atom is 0.408 e. The van der Waals surface area contributed by atoms with Crippen LogP contribution in [0.15, 0.2) is 35.3 Å². The molecule has 0 aromatic heterocycles. The van der Waals surface area contributed by atoms with Gasteiger partial charge in [0.2, 0.25) is 11.8 Å². The van der Waals surface area contributed by atoms with Crippen LogP contribution in [0.3, 0.4) is 0 Å². The van der Waals surface area contributed by atoms with E-state index in [0.717, 1.165) is 44.1 Å². The zero-order chi connectivity index (χ0) is 34.2. The van der Waals surface area contributed by atoms with Crippen LogP contribution in [-0.4, -0.2) is 60.4 Å². The fourth-order valence-electron chi connectivity index (χ4n) is 11.8. The zero-order valence-corrected chi connectivity index (χ0v) is 28.6. The number of benzene rings is 1. The smallest absolute Gasteiger partial charge is 0.408 e. The lowest BCUT2D eigenvalue weighted by Gasteiger charge is -2.59. The highest BCUT2D eigenvalue weighted by Gasteiger charge is 2.58. The maximum absolute atomic E-state index is 14.6. The second kappa shape index (κ2) is 13.9. The summed E-state index contributed by atoms with van der Waals surface area (Å²) in [7, 11) is 0. The molecule has 8 fully saturated rings. The van der Waals surface area contributed by atoms with Gasteiger partial charge in [0.05, 0.1) is 6.04 Å². The molecule has 0 unspecified atom stereocenters. The number of hydrogen-bond donors (Lipinski definition) is 5. The molecule has 1 aromatic rings. The van der Waals surface area contributed by atoms with E-state index in [4.69, 9.17) is 16.2 Å². The molecule has 11 heteroatoms. The van der Waals surface area contributed by atoms with Crippen molar-refractivity contribution in [1.82, 2.24) is 16.0 Å². The second-order valence-corrected chi connectivity index (χ2v) is 16.8. The van der Waals surface area contributed by atoms with Gasteiger partial charge in [-0.3, -0.25) is 14.6 Å². The van der Waals surface area contributed by atoms with Crippen molar-refractivity contribution in [2.24, 2.45) is 57.4 Å². The largest absolute Gasteiger partial charge is 0.443 e. The number of nitrogens with zero attached hydrogens (tertiary/aromatic N) is 1. The van der Waals surface area contributed by atoms with Crippen LogP contribution in [0.2, 0.25) is 0 Å². The minimum Gasteiger partial charge on any atom is -0.443 e. The maximum atomic E-state index is 14.6. The van der Waals surface area contributed by atoms with Crippen LogP contribution in [0.1, 0.15) is 95.5 Å². The first-order chi connectivity index (χ1) is 23.6. The van der Waals surface area contributed by atoms with Gasteiger partial charge in [0.15, 0.2) is 5.96 Å². The molecule has 1 aromatic carbocycles. The molecule has 3 atom stereocenters. The van der Waals surface area contributed by atoms with Gasteiger partial charge in [-0.2, -0.15) is 0 Å². The Bertz CT molecular complexity index is 1360. The summed E-state index contributed by atoms with van der Waals surface area (Å²) in [6.45, 7) is 0.338. The van der Waals surface area contributed by atoms with Gasteiger partial charge in [-0.05, 0) is 131 Å². The molecule has 49 heavy (non-hydrogen) atoms. The Labute approximate surface area is 289 Å². The Balaban J connectivity index is 1.10. The number of guanidine groups is 1. The van der Waals surface area contributed by atoms with Crippen LogP contribution in [0.4, 0.5) is 4.79 Å². The van der Waals surface area contributed by atoms with Gasteiger partial charge in [0.1, 0.15) is 24.0 Å². The first-order valence-electron chi connectivity index (χ1n) is 18.7. The van der Waals surface area contributed by atoms with E-state index in [1.54, 1.807) is 0 Å². The Morgan fingerprint density at radius 2 is 1.35 bits per heavy atom. The summed E-state index contributed by atoms with van der Waals surface area (Å²) in [4.78, 5) is 58.3. The Morgan fingerprint density at radius 1 is 0.796 bits per heavy atom. The molecule has 0 spiro atoms. The second-order valence-electron chi connectivity index (χ2n) is 16.8. The van der Waals surface area contributed by atoms with Crippen molar-refractivity contribution in [3.63, 3.8) is 0 Å². The van der Waals surface area contributed by atoms with Gasteiger partial charge in [0, 0.05) is 18.4 Å². The number of alkyl carbamates (subject to hydrolysis) is 1. The van der Waals surface area contributed by atoms with Gasteiger partial charge in [-0.25, -0.2) is 4.79 Å². The zero-order valence-electron chi connectivity index (χ0n) is 28.6. The van der Waals surface area contributed by atoms with Gasteiger partial charge < -0.3 is 36.9 Å². The van der Waals surface area contributed by atoms with E-state index in [9.17, 15) is 19.2 Å². The number of aldehydes is 1. The van der Waals surface area contributed by atoms with Crippen molar-refractivity contribution in [1.29, 1.82) is 0 Å². The summed E-state index contributed by atoms with van der Waals surface area (Å²) in [6, 6.07) is 6.99. The molecule has 0 aliphatic heterocycles. The number of nitrogens with one attached hydrogen (secondary N) is 3. The van der Waals surface area contributed by atoms with Crippen molar-refractivity contribution < 1.29 is 23.9 Å². The fraction of sp³-hybridized carbons (Fsp3) is 0.711. The van der Waals surface area contributed by atoms with Crippen LogP contribution in [-0.2, 0) is 25.5 Å². The van der Waals surface area contributed by atoms with Gasteiger partial charge in [-0.15, -0.1) is 0 Å². The molecule has 0 heterocycles. The summed E-state index contributed by atoms with van der Waals surface area (Å²) in [5.74, 6) is 2.71. The average Bonchev–Trinajstić information content (AvgIpc) is 3.03. The van der Waals surface area contributed by atoms with E-state index in [0.29, 0.717) is 61.2 Å². The van der Waals surface area contributed by atoms with Crippen molar-refractivity contribution in [2.45, 2.75) is 120 Å². The minimum atomic E-state index is -0.951. The summed E-state index contributed by atoms with van der Waals surface area (Å²) in [5.41, 5.74) is 10.9. The van der Waals surface area contributed by atoms with Crippen LogP contribution < -0.4 is 27.4 Å². The third kappa shape index (κ3) is 7.60. The topological polar surface area (TPSA) is 178 Å². The number of hydrogen-bond acceptors (Lipinski definition) is 6. The predicted octanol–water partition coefficient (Wildman–Crippen LogP) is 3.73. The summed E-state index contributed by atoms with van der Waals surface area (Å²) < 4.78 is 6.40. The van der Waals surface area contributed by atoms with Crippen molar-refractivity contribution in [3.05, 3.63) is 35.9 Å². The molecule has 0 radical (unpaired) electrons. The molecular formula is C38H54N6O5. The normalized spacial score (nSPS) is 35.1. The van der Waals surface area contributed by atoms with Gasteiger partial charge >= 0.3 is 6.09 Å². The van der Waals surface area contributed by atoms with E-state index in [-0.39, 0.29) is 23.7 Å². The number of ether oxygens (including phenoxy) is 1. The standard InChI is InChI=1S/C38H54N6O5/c39-35(40)41-8-4-7-30(22-45)42-33(46)31(15-23-5-2-1-3-6-23)43-34(47)32(37-16-24-9-25(17-37)11-26(10-24)18-37)44-36(48)49-38-19-27-12-28(20-38)14-29(13-27)21-38/h1-3,5-6,22,24-32H,4,7-21H2,(H,42,46)(H,43,47)(H,44,48)(H4,39,40,41)/t24?,25?,26?,27?,28?,29?,30-,31-,32-,37?,38?/m0/s1. The predicted molar refractivity (Wildman–Crippen MR) is 185 cm³/mol. The number of aliphatic imine (C=N–C) groups is 1. The van der Waals surface area contributed by atoms with Crippen molar-refractivity contribution >= 4 is 30.2 Å². The highest BCUT2D eigenvalue weighted by molar-refractivity contribution is 5.93. The molecule has 0 saturated heterocycles. The van der Waals surface area contributed by atoms with Crippen LogP contribution in [0, 0.1) is 40.9 Å². The molecule has 3 amide bonds. The molecule has 8 aliphatic rings. The number of carbonyl (C=O) groups excluding carboxylic acids is 4. The number of rotatable bonds is 14. The highest BCUT2D eigenvalue weighted by Crippen LogP contribution is 2.61. The molecule has 9 rings (SSSR count). The Kier molecular flexibility index (Phi) is 9.63. The van der Waals surface area contributed by atoms with E-state index in [2.05, 4.69) is 20.9 Å². The van der Waals surface area contributed by atoms with Crippen LogP contribution in [0.5, 0.6) is 0 Å². The summed E-state index contributed by atoms with van der Waals surface area (Å²) in [6.07, 6.45) is 14.1. The quantitative estimate of drug-likeness (QED) is 0.0864. The van der Waals surface area contributed by atoms with Gasteiger partial charge in [-0.1, -0.05) is 30.3 Å². The SMILES string of the molecule is NC(N)=NCCC[C@@H](C=O)NC(=O)[C@H](Cc1ccccc1)NC(=O)[C@H](NC(=O)OC12CC3CC(CC(C3)C1)C2)C12CC3CC(CC(C3)C1)C2. The van der Waals surface area contributed by atoms with Crippen molar-refractivity contribution in [3.8, 4) is 0 Å². The van der Waals surface area contributed by atoms with Crippen molar-refractivity contribution in [2.75, 3.05) is 6.54 Å². The minimum absolute atomic E-state index is 0.0265. The molecule has 8 saturated carbocycles. The first kappa shape index (κ1) is 33.8. The monoisotopic (exact) mass is 674 g/mol. The van der Waals surface area contributed by atoms with E-state index >= 15 is 0 Å². The van der Waals surface area contributed by atoms with Crippen LogP contribution in [0.25, 0.3) is 0 Å². The molecule has 8 bridgehead atoms. The third-order valence-electron chi connectivity index (χ3n) is 12.9. The number of carbonyl (C=O) groups is 4. The van der Waals surface area contributed by atoms with E-state index < -0.39 is 35.7 Å². The van der Waals surface area contributed by atoms with Crippen LogP contribution >= 0.6 is 0 Å². The Hall–Kier alpha value is -3.63. The van der Waals surface area contributed by atoms with E-state index in [1.165, 1.54) is 38.5 Å². The lowest BCUT2D eigenvalue weighted by atomic mass is 9.47. The molecule has 11 nitrogen and oxygen atoms in total. The number of amides is 3. The molecule has 266 valence electrons. The lowest BCUT2D eigenvalue weighted by molar-refractivity contribution is -0.142.